The van der Waals surface area contributed by atoms with Gasteiger partial charge in [0.2, 0.25) is 0 Å². The van der Waals surface area contributed by atoms with Crippen molar-refractivity contribution in [1.29, 1.82) is 0 Å². The van der Waals surface area contributed by atoms with Gasteiger partial charge in [0, 0.05) is 39.3 Å². The molecule has 1 nitrogen and oxygen atoms in total. The molecule has 0 unspecified atom stereocenters. The quantitative estimate of drug-likeness (QED) is 0.549. The van der Waals surface area contributed by atoms with E-state index in [4.69, 9.17) is 5.11 Å². The third-order valence-corrected chi connectivity index (χ3v) is 0.295. The summed E-state index contributed by atoms with van der Waals surface area (Å²) in [6, 6.07) is 0. The third-order valence-electron chi connectivity index (χ3n) is 0.295. The Bertz CT molecular complexity index is 34.5. The summed E-state index contributed by atoms with van der Waals surface area (Å²) >= 11 is 0. The Morgan fingerprint density at radius 3 is 2.33 bits per heavy atom. The van der Waals surface area contributed by atoms with E-state index in [9.17, 15) is 0 Å². The average molecular weight is 160 g/mol. The van der Waals surface area contributed by atoms with E-state index in [-0.39, 0.29) is 39.3 Å². The second-order valence-electron chi connectivity index (χ2n) is 0.675. The van der Waals surface area contributed by atoms with E-state index in [0.717, 1.165) is 0 Å². The van der Waals surface area contributed by atoms with Gasteiger partial charge in [-0.2, -0.15) is 6.92 Å². The van der Waals surface area contributed by atoms with E-state index in [1.165, 1.54) is 0 Å². The standard InChI is InChI=1S/C4H7O.Y/c1-2-3-4-5;/h3,5H,4H2,1H3;/q-1;. The van der Waals surface area contributed by atoms with Crippen LogP contribution >= 0.6 is 0 Å². The fraction of sp³-hybridized carbons (Fsp3) is 0.500. The van der Waals surface area contributed by atoms with Gasteiger partial charge in [-0.1, -0.05) is 0 Å². The summed E-state index contributed by atoms with van der Waals surface area (Å²) in [5, 5.41) is 7.95. The number of aliphatic hydroxyl groups is 1. The fourth-order valence-corrected chi connectivity index (χ4v) is 0.0913. The molecule has 33 valence electrons. The zero-order valence-corrected chi connectivity index (χ0v) is 6.65. The average Bonchev–Trinajstić information content (AvgIpc) is 1.41. The molecule has 0 bridgehead atoms. The van der Waals surface area contributed by atoms with Crippen molar-refractivity contribution in [1.82, 2.24) is 0 Å². The van der Waals surface area contributed by atoms with Gasteiger partial charge in [-0.25, -0.2) is 6.08 Å². The predicted molar refractivity (Wildman–Crippen MR) is 20.6 cm³/mol. The molecule has 0 aliphatic carbocycles. The predicted octanol–water partition coefficient (Wildman–Crippen LogP) is 0.355. The number of hydrogen-bond acceptors (Lipinski definition) is 1. The molecule has 0 fully saturated rings. The molecule has 0 heterocycles. The van der Waals surface area contributed by atoms with E-state index < -0.39 is 0 Å². The number of aliphatic hydroxyl groups excluding tert-OH is 1. The van der Waals surface area contributed by atoms with E-state index in [1.807, 2.05) is 0 Å². The first-order valence-corrected chi connectivity index (χ1v) is 1.51. The summed E-state index contributed by atoms with van der Waals surface area (Å²) < 4.78 is 0. The van der Waals surface area contributed by atoms with Crippen LogP contribution in [0.25, 0.3) is 0 Å². The molecule has 0 saturated heterocycles. The van der Waals surface area contributed by atoms with E-state index in [1.54, 1.807) is 13.0 Å². The van der Waals surface area contributed by atoms with E-state index in [2.05, 4.69) is 6.08 Å². The van der Waals surface area contributed by atoms with Crippen LogP contribution in [0.1, 0.15) is 6.92 Å². The number of allylic oxidation sites excluding steroid dienone is 1. The molecule has 0 amide bonds. The molecule has 1 N–H and O–H groups in total. The summed E-state index contributed by atoms with van der Waals surface area (Å²) in [4.78, 5) is 0. The van der Waals surface area contributed by atoms with Gasteiger partial charge in [-0.3, -0.25) is 0 Å². The van der Waals surface area contributed by atoms with Crippen LogP contribution in [0.5, 0.6) is 0 Å². The van der Waals surface area contributed by atoms with Gasteiger partial charge < -0.3 is 11.2 Å². The van der Waals surface area contributed by atoms with Crippen molar-refractivity contribution in [3.63, 3.8) is 0 Å². The molecule has 0 aliphatic rings. The molecule has 0 atom stereocenters. The first kappa shape index (κ1) is 9.93. The summed E-state index contributed by atoms with van der Waals surface area (Å²) in [6.45, 7) is 1.85. The normalized spacial score (nSPS) is 8.33. The Morgan fingerprint density at radius 1 is 1.83 bits per heavy atom. The Balaban J connectivity index is 0. The van der Waals surface area contributed by atoms with Gasteiger partial charge in [0.1, 0.15) is 0 Å². The molecule has 6 heavy (non-hydrogen) atoms. The Hall–Kier alpha value is 0.804. The van der Waals surface area contributed by atoms with Crippen molar-refractivity contribution >= 4 is 0 Å². The summed E-state index contributed by atoms with van der Waals surface area (Å²) in [6.07, 6.45) is 4.20. The van der Waals surface area contributed by atoms with Crippen LogP contribution in [0.3, 0.4) is 0 Å². The minimum atomic E-state index is 0. The molecule has 1 radical (unpaired) electrons. The summed E-state index contributed by atoms with van der Waals surface area (Å²) in [5.41, 5.74) is 0. The number of rotatable bonds is 1. The van der Waals surface area contributed by atoms with Crippen LogP contribution in [-0.2, 0) is 32.7 Å². The monoisotopic (exact) mass is 160 g/mol. The van der Waals surface area contributed by atoms with Gasteiger partial charge in [0.15, 0.2) is 0 Å². The van der Waals surface area contributed by atoms with E-state index >= 15 is 0 Å². The second kappa shape index (κ2) is 9.26. The zero-order chi connectivity index (χ0) is 4.12. The van der Waals surface area contributed by atoms with Gasteiger partial charge in [-0.05, 0) is 0 Å². The molecule has 0 saturated carbocycles. The maximum Gasteiger partial charge on any atom is 0.0296 e. The molecule has 0 rings (SSSR count). The van der Waals surface area contributed by atoms with Gasteiger partial charge in [0.25, 0.3) is 0 Å². The van der Waals surface area contributed by atoms with Gasteiger partial charge in [0.05, 0.1) is 0 Å². The molecule has 0 aromatic rings. The maximum atomic E-state index is 7.95. The van der Waals surface area contributed by atoms with Crippen LogP contribution in [0.4, 0.5) is 0 Å². The van der Waals surface area contributed by atoms with Crippen LogP contribution in [-0.4, -0.2) is 11.7 Å². The molecule has 0 spiro atoms. The molecular formula is C4H7OY-. The fourth-order valence-electron chi connectivity index (χ4n) is 0.0913. The molecular weight excluding hydrogens is 153 g/mol. The van der Waals surface area contributed by atoms with Crippen molar-refractivity contribution in [3.8, 4) is 0 Å². The smallest absolute Gasteiger partial charge is 0.0296 e. The molecule has 0 aliphatic heterocycles. The van der Waals surface area contributed by atoms with Crippen molar-refractivity contribution in [3.05, 3.63) is 12.2 Å². The molecule has 0 aromatic heterocycles. The first-order valence-electron chi connectivity index (χ1n) is 1.51. The molecule has 2 heteroatoms. The second-order valence-corrected chi connectivity index (χ2v) is 0.675. The summed E-state index contributed by atoms with van der Waals surface area (Å²) in [5.74, 6) is 0. The number of hydrogen-bond donors (Lipinski definition) is 1. The van der Waals surface area contributed by atoms with Crippen molar-refractivity contribution in [2.45, 2.75) is 6.92 Å². The minimum absolute atomic E-state index is 0. The van der Waals surface area contributed by atoms with Crippen LogP contribution in [0.15, 0.2) is 6.08 Å². The topological polar surface area (TPSA) is 20.2 Å². The zero-order valence-electron chi connectivity index (χ0n) is 3.81. The molecule has 0 aromatic carbocycles. The van der Waals surface area contributed by atoms with Crippen molar-refractivity contribution in [2.75, 3.05) is 6.61 Å². The van der Waals surface area contributed by atoms with Crippen LogP contribution < -0.4 is 0 Å². The minimum Gasteiger partial charge on any atom is -0.502 e. The Kier molecular flexibility index (Phi) is 15.3. The SMILES string of the molecule is C[C-]=CCO.[Y]. The van der Waals surface area contributed by atoms with Gasteiger partial charge in [-0.15, -0.1) is 0 Å². The van der Waals surface area contributed by atoms with Gasteiger partial charge >= 0.3 is 0 Å². The van der Waals surface area contributed by atoms with Crippen molar-refractivity contribution in [2.24, 2.45) is 0 Å². The van der Waals surface area contributed by atoms with Crippen molar-refractivity contribution < 1.29 is 37.8 Å². The largest absolute Gasteiger partial charge is 0.502 e. The third kappa shape index (κ3) is 8.84. The van der Waals surface area contributed by atoms with E-state index in [0.29, 0.717) is 0 Å². The van der Waals surface area contributed by atoms with Crippen LogP contribution in [0.2, 0.25) is 0 Å². The maximum absolute atomic E-state index is 7.95. The Labute approximate surface area is 63.3 Å². The summed E-state index contributed by atoms with van der Waals surface area (Å²) in [7, 11) is 0. The Morgan fingerprint density at radius 2 is 2.33 bits per heavy atom. The first-order chi connectivity index (χ1) is 2.41. The van der Waals surface area contributed by atoms with Crippen LogP contribution in [0, 0.1) is 6.08 Å².